The lowest BCUT2D eigenvalue weighted by atomic mass is 10.2. The maximum Gasteiger partial charge on any atom is 0.266 e. The van der Waals surface area contributed by atoms with Gasteiger partial charge in [-0.1, -0.05) is 6.42 Å². The van der Waals surface area contributed by atoms with Gasteiger partial charge in [-0.05, 0) is 51.1 Å². The van der Waals surface area contributed by atoms with Crippen LogP contribution in [0.2, 0.25) is 0 Å². The van der Waals surface area contributed by atoms with Crippen LogP contribution < -0.4 is 5.56 Å². The van der Waals surface area contributed by atoms with Gasteiger partial charge in [0.25, 0.3) is 5.56 Å². The van der Waals surface area contributed by atoms with Crippen LogP contribution in [0, 0.1) is 0 Å². The van der Waals surface area contributed by atoms with Crippen LogP contribution in [0.25, 0.3) is 0 Å². The van der Waals surface area contributed by atoms with E-state index in [-0.39, 0.29) is 5.56 Å². The van der Waals surface area contributed by atoms with Gasteiger partial charge in [0.1, 0.15) is 0 Å². The van der Waals surface area contributed by atoms with Crippen molar-refractivity contribution in [1.29, 1.82) is 0 Å². The van der Waals surface area contributed by atoms with E-state index in [1.54, 1.807) is 10.7 Å². The summed E-state index contributed by atoms with van der Waals surface area (Å²) in [5.74, 6) is 0.879. The first-order valence-electron chi connectivity index (χ1n) is 10.3. The molecule has 2 aliphatic heterocycles. The summed E-state index contributed by atoms with van der Waals surface area (Å²) in [5.41, 5.74) is 1.08. The van der Waals surface area contributed by atoms with Gasteiger partial charge in [0.2, 0.25) is 5.91 Å². The summed E-state index contributed by atoms with van der Waals surface area (Å²) in [5, 5.41) is 4.62. The number of carbonyl (C=O) groups is 1. The molecule has 1 saturated carbocycles. The van der Waals surface area contributed by atoms with Crippen molar-refractivity contribution in [2.75, 3.05) is 26.2 Å². The maximum absolute atomic E-state index is 12.2. The number of nitrogens with zero attached hydrogens (tertiary/aromatic N) is 4. The Morgan fingerprint density at radius 1 is 0.962 bits per heavy atom. The topological polar surface area (TPSA) is 58.4 Å². The Kier molecular flexibility index (Phi) is 5.38. The predicted molar refractivity (Wildman–Crippen MR) is 100 cm³/mol. The standard InChI is InChI=1S/C20H30N4O2/c25-19-6-2-1-3-11-23(19)14-13-22-12-4-5-17(22)15-24-20(26)10-9-18(21-24)16-7-8-16/h9-10,16-17H,1-8,11-15H2. The monoisotopic (exact) mass is 358 g/mol. The van der Waals surface area contributed by atoms with Crippen LogP contribution in [-0.2, 0) is 11.3 Å². The summed E-state index contributed by atoms with van der Waals surface area (Å²) in [7, 11) is 0. The maximum atomic E-state index is 12.2. The average Bonchev–Trinajstić information content (AvgIpc) is 3.42. The van der Waals surface area contributed by atoms with Crippen LogP contribution in [0.3, 0.4) is 0 Å². The van der Waals surface area contributed by atoms with Crippen molar-refractivity contribution in [3.8, 4) is 0 Å². The van der Waals surface area contributed by atoms with Crippen molar-refractivity contribution in [2.24, 2.45) is 0 Å². The molecular weight excluding hydrogens is 328 g/mol. The predicted octanol–water partition coefficient (Wildman–Crippen LogP) is 1.99. The largest absolute Gasteiger partial charge is 0.341 e. The molecule has 0 aromatic carbocycles. The third kappa shape index (κ3) is 4.17. The molecule has 3 heterocycles. The van der Waals surface area contributed by atoms with Crippen molar-refractivity contribution in [3.63, 3.8) is 0 Å². The van der Waals surface area contributed by atoms with Gasteiger partial charge in [-0.25, -0.2) is 4.68 Å². The molecule has 3 aliphatic rings. The molecule has 26 heavy (non-hydrogen) atoms. The number of amides is 1. The summed E-state index contributed by atoms with van der Waals surface area (Å²) >= 11 is 0. The number of hydrogen-bond acceptors (Lipinski definition) is 4. The highest BCUT2D eigenvalue weighted by atomic mass is 16.2. The molecule has 142 valence electrons. The van der Waals surface area contributed by atoms with Gasteiger partial charge >= 0.3 is 0 Å². The number of rotatable bonds is 6. The Bertz CT molecular complexity index is 697. The molecule has 4 rings (SSSR count). The lowest BCUT2D eigenvalue weighted by molar-refractivity contribution is -0.130. The van der Waals surface area contributed by atoms with Gasteiger partial charge in [-0.3, -0.25) is 14.5 Å². The average molecular weight is 358 g/mol. The highest BCUT2D eigenvalue weighted by Gasteiger charge is 2.28. The smallest absolute Gasteiger partial charge is 0.266 e. The Morgan fingerprint density at radius 3 is 2.69 bits per heavy atom. The first-order chi connectivity index (χ1) is 12.7. The fraction of sp³-hybridized carbons (Fsp3) is 0.750. The quantitative estimate of drug-likeness (QED) is 0.780. The van der Waals surface area contributed by atoms with E-state index in [4.69, 9.17) is 0 Å². The Balaban J connectivity index is 1.37. The van der Waals surface area contributed by atoms with E-state index in [1.165, 1.54) is 19.3 Å². The molecule has 1 aromatic rings. The third-order valence-electron chi connectivity index (χ3n) is 6.09. The minimum atomic E-state index is 0.00365. The molecule has 0 N–H and O–H groups in total. The zero-order valence-corrected chi connectivity index (χ0v) is 15.6. The van der Waals surface area contributed by atoms with Gasteiger partial charge in [0.05, 0.1) is 12.2 Å². The van der Waals surface area contributed by atoms with Crippen LogP contribution in [-0.4, -0.2) is 57.7 Å². The molecule has 6 heteroatoms. The van der Waals surface area contributed by atoms with Gasteiger partial charge in [0.15, 0.2) is 0 Å². The zero-order chi connectivity index (χ0) is 17.9. The van der Waals surface area contributed by atoms with Gasteiger partial charge in [-0.15, -0.1) is 0 Å². The van der Waals surface area contributed by atoms with Crippen molar-refractivity contribution in [1.82, 2.24) is 19.6 Å². The minimum absolute atomic E-state index is 0.00365. The molecule has 2 saturated heterocycles. The van der Waals surface area contributed by atoms with Gasteiger partial charge < -0.3 is 4.90 Å². The normalized spacial score (nSPS) is 24.8. The molecule has 0 spiro atoms. The molecule has 1 aliphatic carbocycles. The number of hydrogen-bond donors (Lipinski definition) is 0. The second-order valence-corrected chi connectivity index (χ2v) is 8.08. The van der Waals surface area contributed by atoms with Crippen LogP contribution >= 0.6 is 0 Å². The first-order valence-corrected chi connectivity index (χ1v) is 10.3. The van der Waals surface area contributed by atoms with E-state index in [0.717, 1.165) is 57.6 Å². The fourth-order valence-corrected chi connectivity index (χ4v) is 4.31. The molecule has 1 amide bonds. The Labute approximate surface area is 155 Å². The molecule has 3 fully saturated rings. The molecule has 6 nitrogen and oxygen atoms in total. The van der Waals surface area contributed by atoms with E-state index < -0.39 is 0 Å². The summed E-state index contributed by atoms with van der Waals surface area (Å²) in [6.07, 6.45) is 8.70. The highest BCUT2D eigenvalue weighted by molar-refractivity contribution is 5.76. The van der Waals surface area contributed by atoms with Crippen molar-refractivity contribution in [3.05, 3.63) is 28.2 Å². The Morgan fingerprint density at radius 2 is 1.85 bits per heavy atom. The fourth-order valence-electron chi connectivity index (χ4n) is 4.31. The van der Waals surface area contributed by atoms with E-state index in [2.05, 4.69) is 10.00 Å². The number of carbonyl (C=O) groups excluding carboxylic acids is 1. The molecular formula is C20H30N4O2. The summed E-state index contributed by atoms with van der Waals surface area (Å²) in [6.45, 7) is 4.37. The van der Waals surface area contributed by atoms with Crippen LogP contribution in [0.5, 0.6) is 0 Å². The molecule has 0 bridgehead atoms. The van der Waals surface area contributed by atoms with Crippen molar-refractivity contribution in [2.45, 2.75) is 69.9 Å². The number of aromatic nitrogens is 2. The van der Waals surface area contributed by atoms with E-state index in [0.29, 0.717) is 30.8 Å². The SMILES string of the molecule is O=C1CCCCCN1CCN1CCCC1Cn1nc(C2CC2)ccc1=O. The third-order valence-corrected chi connectivity index (χ3v) is 6.09. The minimum Gasteiger partial charge on any atom is -0.341 e. The number of likely N-dealkylation sites (tertiary alicyclic amines) is 2. The summed E-state index contributed by atoms with van der Waals surface area (Å²) < 4.78 is 1.67. The molecule has 0 radical (unpaired) electrons. The molecule has 1 aromatic heterocycles. The highest BCUT2D eigenvalue weighted by Crippen LogP contribution is 2.38. The molecule has 1 unspecified atom stereocenters. The van der Waals surface area contributed by atoms with Crippen molar-refractivity contribution < 1.29 is 4.79 Å². The van der Waals surface area contributed by atoms with E-state index >= 15 is 0 Å². The van der Waals surface area contributed by atoms with Gasteiger partial charge in [-0.2, -0.15) is 5.10 Å². The van der Waals surface area contributed by atoms with Crippen LogP contribution in [0.1, 0.15) is 63.0 Å². The first kappa shape index (κ1) is 17.7. The van der Waals surface area contributed by atoms with E-state index in [1.807, 2.05) is 11.0 Å². The van der Waals surface area contributed by atoms with Crippen molar-refractivity contribution >= 4 is 5.91 Å². The van der Waals surface area contributed by atoms with Crippen LogP contribution in [0.4, 0.5) is 0 Å². The summed E-state index contributed by atoms with van der Waals surface area (Å²) in [6, 6.07) is 3.93. The Hall–Kier alpha value is -1.69. The lowest BCUT2D eigenvalue weighted by Gasteiger charge is -2.28. The second kappa shape index (κ2) is 7.91. The molecule has 1 atom stereocenters. The summed E-state index contributed by atoms with van der Waals surface area (Å²) in [4.78, 5) is 28.9. The lowest BCUT2D eigenvalue weighted by Crippen LogP contribution is -2.42. The van der Waals surface area contributed by atoms with Crippen LogP contribution in [0.15, 0.2) is 16.9 Å². The zero-order valence-electron chi connectivity index (χ0n) is 15.6. The van der Waals surface area contributed by atoms with E-state index in [9.17, 15) is 9.59 Å². The van der Waals surface area contributed by atoms with Gasteiger partial charge in [0, 0.05) is 44.1 Å². The second-order valence-electron chi connectivity index (χ2n) is 8.08.